The van der Waals surface area contributed by atoms with Crippen molar-refractivity contribution in [3.63, 3.8) is 0 Å². The molecule has 0 aliphatic carbocycles. The average Bonchev–Trinajstić information content (AvgIpc) is 2.64. The van der Waals surface area contributed by atoms with Crippen molar-refractivity contribution < 1.29 is 9.59 Å². The number of nitrogens with one attached hydrogen (secondary N) is 3. The lowest BCUT2D eigenvalue weighted by molar-refractivity contribution is -0.119. The summed E-state index contributed by atoms with van der Waals surface area (Å²) in [6, 6.07) is 1.82. The maximum absolute atomic E-state index is 11.5. The van der Waals surface area contributed by atoms with Crippen LogP contribution in [0.1, 0.15) is 39.8 Å². The minimum Gasteiger partial charge on any atom is -0.356 e. The lowest BCUT2D eigenvalue weighted by Crippen LogP contribution is -2.25. The van der Waals surface area contributed by atoms with Gasteiger partial charge in [-0.1, -0.05) is 20.8 Å². The van der Waals surface area contributed by atoms with Gasteiger partial charge < -0.3 is 10.6 Å². The van der Waals surface area contributed by atoms with E-state index in [1.54, 1.807) is 0 Å². The summed E-state index contributed by atoms with van der Waals surface area (Å²) in [4.78, 5) is 22.2. The van der Waals surface area contributed by atoms with Crippen LogP contribution in [0.15, 0.2) is 6.07 Å². The summed E-state index contributed by atoms with van der Waals surface area (Å²) in [6.07, 6.45) is 0.233. The Labute approximate surface area is 107 Å². The van der Waals surface area contributed by atoms with Gasteiger partial charge in [0.1, 0.15) is 0 Å². The molecule has 6 heteroatoms. The maximum atomic E-state index is 11.5. The standard InChI is InChI=1S/C12H20N4O2/c1-8(17)13-6-5-11(18)14-10-7-9(15-16-10)12(2,3)4/h7H,5-6H2,1-4H3,(H,13,17)(H2,14,15,16,18). The Morgan fingerprint density at radius 3 is 2.56 bits per heavy atom. The number of hydrogen-bond acceptors (Lipinski definition) is 3. The van der Waals surface area contributed by atoms with E-state index in [2.05, 4.69) is 41.6 Å². The predicted molar refractivity (Wildman–Crippen MR) is 69.2 cm³/mol. The fourth-order valence-corrected chi connectivity index (χ4v) is 1.33. The average molecular weight is 252 g/mol. The quantitative estimate of drug-likeness (QED) is 0.751. The molecule has 0 saturated carbocycles. The summed E-state index contributed by atoms with van der Waals surface area (Å²) < 4.78 is 0. The number of carbonyl (C=O) groups is 2. The molecule has 0 spiro atoms. The van der Waals surface area contributed by atoms with Crippen molar-refractivity contribution in [1.29, 1.82) is 0 Å². The lowest BCUT2D eigenvalue weighted by Gasteiger charge is -2.14. The fraction of sp³-hybridized carbons (Fsp3) is 0.583. The minimum atomic E-state index is -0.171. The van der Waals surface area contributed by atoms with Crippen LogP contribution in [0.5, 0.6) is 0 Å². The molecular formula is C12H20N4O2. The smallest absolute Gasteiger partial charge is 0.227 e. The Balaban J connectivity index is 2.45. The van der Waals surface area contributed by atoms with Crippen molar-refractivity contribution in [3.8, 4) is 0 Å². The van der Waals surface area contributed by atoms with Crippen LogP contribution in [-0.4, -0.2) is 28.6 Å². The molecule has 18 heavy (non-hydrogen) atoms. The van der Waals surface area contributed by atoms with Crippen LogP contribution >= 0.6 is 0 Å². The summed E-state index contributed by atoms with van der Waals surface area (Å²) in [5.74, 6) is 0.195. The maximum Gasteiger partial charge on any atom is 0.227 e. The predicted octanol–water partition coefficient (Wildman–Crippen LogP) is 1.17. The molecule has 1 aromatic rings. The highest BCUT2D eigenvalue weighted by atomic mass is 16.2. The second-order valence-corrected chi connectivity index (χ2v) is 5.20. The van der Waals surface area contributed by atoms with E-state index in [1.807, 2.05) is 6.07 Å². The largest absolute Gasteiger partial charge is 0.356 e. The molecule has 0 aliphatic heterocycles. The van der Waals surface area contributed by atoms with Gasteiger partial charge in [0.2, 0.25) is 11.8 Å². The van der Waals surface area contributed by atoms with Gasteiger partial charge >= 0.3 is 0 Å². The number of aromatic amines is 1. The highest BCUT2D eigenvalue weighted by Crippen LogP contribution is 2.21. The molecule has 0 aromatic carbocycles. The van der Waals surface area contributed by atoms with Gasteiger partial charge in [0, 0.05) is 37.1 Å². The van der Waals surface area contributed by atoms with E-state index in [9.17, 15) is 9.59 Å². The lowest BCUT2D eigenvalue weighted by atomic mass is 9.92. The monoisotopic (exact) mass is 252 g/mol. The summed E-state index contributed by atoms with van der Waals surface area (Å²) in [5.41, 5.74) is 0.922. The van der Waals surface area contributed by atoms with Gasteiger partial charge in [-0.05, 0) is 0 Å². The molecule has 2 amide bonds. The second kappa shape index (κ2) is 5.66. The van der Waals surface area contributed by atoms with E-state index in [4.69, 9.17) is 0 Å². The third-order valence-electron chi connectivity index (χ3n) is 2.38. The number of rotatable bonds is 4. The van der Waals surface area contributed by atoms with Crippen LogP contribution in [-0.2, 0) is 15.0 Å². The van der Waals surface area contributed by atoms with Crippen molar-refractivity contribution in [2.45, 2.75) is 39.5 Å². The van der Waals surface area contributed by atoms with Crippen molar-refractivity contribution >= 4 is 17.6 Å². The van der Waals surface area contributed by atoms with Crippen LogP contribution in [0.25, 0.3) is 0 Å². The van der Waals surface area contributed by atoms with Crippen molar-refractivity contribution in [3.05, 3.63) is 11.8 Å². The molecule has 1 rings (SSSR count). The molecule has 0 radical (unpaired) electrons. The zero-order valence-electron chi connectivity index (χ0n) is 11.3. The van der Waals surface area contributed by atoms with Gasteiger partial charge in [0.15, 0.2) is 5.82 Å². The van der Waals surface area contributed by atoms with Crippen LogP contribution < -0.4 is 10.6 Å². The van der Waals surface area contributed by atoms with Gasteiger partial charge in [-0.15, -0.1) is 0 Å². The number of amides is 2. The Morgan fingerprint density at radius 2 is 2.06 bits per heavy atom. The van der Waals surface area contributed by atoms with Crippen molar-refractivity contribution in [1.82, 2.24) is 15.5 Å². The molecule has 0 atom stereocenters. The molecule has 0 aliphatic rings. The van der Waals surface area contributed by atoms with Crippen molar-refractivity contribution in [2.75, 3.05) is 11.9 Å². The number of aromatic nitrogens is 2. The van der Waals surface area contributed by atoms with E-state index in [0.717, 1.165) is 5.69 Å². The van der Waals surface area contributed by atoms with E-state index >= 15 is 0 Å². The first-order chi connectivity index (χ1) is 8.29. The van der Waals surface area contributed by atoms with Crippen LogP contribution in [0, 0.1) is 0 Å². The molecule has 3 N–H and O–H groups in total. The van der Waals surface area contributed by atoms with Gasteiger partial charge in [-0.3, -0.25) is 14.7 Å². The van der Waals surface area contributed by atoms with Gasteiger partial charge in [-0.2, -0.15) is 5.10 Å². The fourth-order valence-electron chi connectivity index (χ4n) is 1.33. The molecule has 0 fully saturated rings. The van der Waals surface area contributed by atoms with Gasteiger partial charge in [0.25, 0.3) is 0 Å². The van der Waals surface area contributed by atoms with E-state index in [1.165, 1.54) is 6.92 Å². The SMILES string of the molecule is CC(=O)NCCC(=O)Nc1cc(C(C)(C)C)[nH]n1. The third-order valence-corrected chi connectivity index (χ3v) is 2.38. The number of carbonyl (C=O) groups excluding carboxylic acids is 2. The van der Waals surface area contributed by atoms with Crippen molar-refractivity contribution in [2.24, 2.45) is 0 Å². The van der Waals surface area contributed by atoms with Gasteiger partial charge in [-0.25, -0.2) is 0 Å². The second-order valence-electron chi connectivity index (χ2n) is 5.20. The summed E-state index contributed by atoms with van der Waals surface area (Å²) in [7, 11) is 0. The molecule has 1 aromatic heterocycles. The number of H-pyrrole nitrogens is 1. The van der Waals surface area contributed by atoms with Crippen LogP contribution in [0.3, 0.4) is 0 Å². The van der Waals surface area contributed by atoms with Gasteiger partial charge in [0.05, 0.1) is 0 Å². The number of nitrogens with zero attached hydrogens (tertiary/aromatic N) is 1. The molecule has 6 nitrogen and oxygen atoms in total. The highest BCUT2D eigenvalue weighted by Gasteiger charge is 2.17. The molecule has 100 valence electrons. The zero-order chi connectivity index (χ0) is 13.8. The molecule has 0 saturated heterocycles. The Bertz CT molecular complexity index is 432. The minimum absolute atomic E-state index is 0.0356. The van der Waals surface area contributed by atoms with E-state index < -0.39 is 0 Å². The Kier molecular flexibility index (Phi) is 4.47. The molecule has 0 bridgehead atoms. The Morgan fingerprint density at radius 1 is 1.39 bits per heavy atom. The van der Waals surface area contributed by atoms with Crippen LogP contribution in [0.4, 0.5) is 5.82 Å². The molecular weight excluding hydrogens is 232 g/mol. The summed E-state index contributed by atoms with van der Waals surface area (Å²) >= 11 is 0. The first kappa shape index (κ1) is 14.2. The normalized spacial score (nSPS) is 11.1. The number of anilines is 1. The summed E-state index contributed by atoms with van der Waals surface area (Å²) in [6.45, 7) is 7.92. The van der Waals surface area contributed by atoms with Crippen LogP contribution in [0.2, 0.25) is 0 Å². The molecule has 0 unspecified atom stereocenters. The Hall–Kier alpha value is -1.85. The molecule has 1 heterocycles. The highest BCUT2D eigenvalue weighted by molar-refractivity contribution is 5.90. The van der Waals surface area contributed by atoms with E-state index in [-0.39, 0.29) is 23.7 Å². The topological polar surface area (TPSA) is 86.9 Å². The first-order valence-corrected chi connectivity index (χ1v) is 5.89. The number of hydrogen-bond donors (Lipinski definition) is 3. The van der Waals surface area contributed by atoms with E-state index in [0.29, 0.717) is 12.4 Å². The third kappa shape index (κ3) is 4.57. The summed E-state index contributed by atoms with van der Waals surface area (Å²) in [5, 5.41) is 12.2. The first-order valence-electron chi connectivity index (χ1n) is 5.89. The zero-order valence-corrected chi connectivity index (χ0v) is 11.3.